The zero-order chi connectivity index (χ0) is 13.9. The van der Waals surface area contributed by atoms with Gasteiger partial charge in [0.05, 0.1) is 5.75 Å². The van der Waals surface area contributed by atoms with Crippen LogP contribution in [0.25, 0.3) is 0 Å². The Hall–Kier alpha value is -0.590. The summed E-state index contributed by atoms with van der Waals surface area (Å²) in [6.45, 7) is 3.80. The number of benzene rings is 1. The van der Waals surface area contributed by atoms with E-state index in [4.69, 9.17) is 0 Å². The van der Waals surface area contributed by atoms with E-state index in [1.165, 1.54) is 0 Å². The van der Waals surface area contributed by atoms with Gasteiger partial charge in [0.1, 0.15) is 0 Å². The van der Waals surface area contributed by atoms with Crippen LogP contribution >= 0.6 is 15.9 Å². The molecule has 0 aromatic heterocycles. The molecule has 0 spiro atoms. The molecule has 2 rings (SSSR count). The highest BCUT2D eigenvalue weighted by molar-refractivity contribution is 9.10. The molecule has 0 aliphatic carbocycles. The van der Waals surface area contributed by atoms with E-state index in [-0.39, 0.29) is 11.7 Å². The van der Waals surface area contributed by atoms with Crippen LogP contribution in [0.4, 0.5) is 5.69 Å². The molecule has 0 unspecified atom stereocenters. The van der Waals surface area contributed by atoms with E-state index in [0.29, 0.717) is 5.69 Å². The minimum atomic E-state index is -3.26. The van der Waals surface area contributed by atoms with Gasteiger partial charge < -0.3 is 5.32 Å². The fourth-order valence-corrected chi connectivity index (χ4v) is 4.14. The molecule has 0 radical (unpaired) electrons. The van der Waals surface area contributed by atoms with Crippen molar-refractivity contribution in [1.82, 2.24) is 5.32 Å². The summed E-state index contributed by atoms with van der Waals surface area (Å²) < 4.78 is 27.8. The van der Waals surface area contributed by atoms with Gasteiger partial charge in [-0.25, -0.2) is 8.42 Å². The van der Waals surface area contributed by atoms with Crippen molar-refractivity contribution in [1.29, 1.82) is 0 Å². The molecular formula is C13H19BrN2O2S. The largest absolute Gasteiger partial charge is 0.317 e. The number of halogens is 1. The van der Waals surface area contributed by atoms with E-state index in [2.05, 4.69) is 26.0 Å². The fourth-order valence-electron chi connectivity index (χ4n) is 2.24. The number of hydrogen-bond acceptors (Lipinski definition) is 3. The predicted molar refractivity (Wildman–Crippen MR) is 81.9 cm³/mol. The van der Waals surface area contributed by atoms with Crippen molar-refractivity contribution in [2.24, 2.45) is 5.92 Å². The first-order valence-electron chi connectivity index (χ1n) is 6.44. The second-order valence-electron chi connectivity index (χ2n) is 5.04. The van der Waals surface area contributed by atoms with Crippen molar-refractivity contribution in [3.05, 3.63) is 28.2 Å². The molecule has 0 atom stereocenters. The number of hydrogen-bond donors (Lipinski definition) is 2. The molecule has 1 saturated heterocycles. The second-order valence-corrected chi connectivity index (χ2v) is 7.66. The van der Waals surface area contributed by atoms with Crippen molar-refractivity contribution in [2.45, 2.75) is 19.8 Å². The molecule has 1 heterocycles. The Bertz CT molecular complexity index is 540. The van der Waals surface area contributed by atoms with E-state index in [0.717, 1.165) is 36.0 Å². The van der Waals surface area contributed by atoms with Gasteiger partial charge in [-0.15, -0.1) is 0 Å². The minimum absolute atomic E-state index is 0.209. The molecule has 6 heteroatoms. The topological polar surface area (TPSA) is 58.2 Å². The third-order valence-corrected chi connectivity index (χ3v) is 5.67. The van der Waals surface area contributed by atoms with E-state index in [1.54, 1.807) is 12.1 Å². The Morgan fingerprint density at radius 1 is 1.37 bits per heavy atom. The molecule has 2 N–H and O–H groups in total. The quantitative estimate of drug-likeness (QED) is 0.880. The Balaban J connectivity index is 2.01. The highest BCUT2D eigenvalue weighted by atomic mass is 79.9. The molecule has 106 valence electrons. The third kappa shape index (κ3) is 4.47. The van der Waals surface area contributed by atoms with Crippen molar-refractivity contribution in [3.8, 4) is 0 Å². The smallest absolute Gasteiger partial charge is 0.232 e. The van der Waals surface area contributed by atoms with Gasteiger partial charge in [-0.1, -0.05) is 22.0 Å². The number of piperidine rings is 1. The second kappa shape index (κ2) is 6.24. The fraction of sp³-hybridized carbons (Fsp3) is 0.538. The average Bonchev–Trinajstić information content (AvgIpc) is 2.34. The van der Waals surface area contributed by atoms with Crippen molar-refractivity contribution in [3.63, 3.8) is 0 Å². The first-order valence-corrected chi connectivity index (χ1v) is 8.88. The molecule has 0 bridgehead atoms. The van der Waals surface area contributed by atoms with Crippen molar-refractivity contribution >= 4 is 31.6 Å². The summed E-state index contributed by atoms with van der Waals surface area (Å²) in [6, 6.07) is 5.49. The molecule has 1 aromatic carbocycles. The van der Waals surface area contributed by atoms with Gasteiger partial charge in [-0.05, 0) is 56.5 Å². The highest BCUT2D eigenvalue weighted by Gasteiger charge is 2.21. The van der Waals surface area contributed by atoms with Crippen LogP contribution < -0.4 is 10.0 Å². The van der Waals surface area contributed by atoms with E-state index in [1.807, 2.05) is 13.0 Å². The Morgan fingerprint density at radius 3 is 2.68 bits per heavy atom. The van der Waals surface area contributed by atoms with Crippen LogP contribution in [0.15, 0.2) is 22.7 Å². The normalized spacial score (nSPS) is 17.4. The maximum absolute atomic E-state index is 12.1. The van der Waals surface area contributed by atoms with Crippen LogP contribution in [0.5, 0.6) is 0 Å². The van der Waals surface area contributed by atoms with Gasteiger partial charge in [-0.2, -0.15) is 0 Å². The minimum Gasteiger partial charge on any atom is -0.317 e. The zero-order valence-electron chi connectivity index (χ0n) is 10.9. The van der Waals surface area contributed by atoms with Crippen molar-refractivity contribution in [2.75, 3.05) is 23.6 Å². The van der Waals surface area contributed by atoms with Gasteiger partial charge in [-0.3, -0.25) is 4.72 Å². The van der Waals surface area contributed by atoms with Crippen LogP contribution in [0.1, 0.15) is 18.4 Å². The number of nitrogens with one attached hydrogen (secondary N) is 2. The number of sulfonamides is 1. The Labute approximate surface area is 123 Å². The summed E-state index contributed by atoms with van der Waals surface area (Å²) in [7, 11) is -3.26. The molecular weight excluding hydrogens is 328 g/mol. The van der Waals surface area contributed by atoms with E-state index < -0.39 is 10.0 Å². The lowest BCUT2D eigenvalue weighted by atomic mass is 10.0. The molecule has 1 fully saturated rings. The first-order chi connectivity index (χ1) is 8.96. The zero-order valence-corrected chi connectivity index (χ0v) is 13.4. The monoisotopic (exact) mass is 346 g/mol. The van der Waals surface area contributed by atoms with Gasteiger partial charge in [0.15, 0.2) is 0 Å². The van der Waals surface area contributed by atoms with Crippen LogP contribution in [0.3, 0.4) is 0 Å². The Kier molecular flexibility index (Phi) is 4.86. The molecule has 4 nitrogen and oxygen atoms in total. The highest BCUT2D eigenvalue weighted by Crippen LogP contribution is 2.22. The maximum Gasteiger partial charge on any atom is 0.232 e. The first kappa shape index (κ1) is 14.8. The standard InChI is InChI=1S/C13H19BrN2O2S/c1-10-2-3-12(8-13(10)14)16-19(17,18)9-11-4-6-15-7-5-11/h2-3,8,11,15-16H,4-7,9H2,1H3. The van der Waals surface area contributed by atoms with Crippen LogP contribution in [0.2, 0.25) is 0 Å². The summed E-state index contributed by atoms with van der Waals surface area (Å²) in [6.07, 6.45) is 1.86. The summed E-state index contributed by atoms with van der Waals surface area (Å²) in [5, 5.41) is 3.24. The lowest BCUT2D eigenvalue weighted by molar-refractivity contribution is 0.402. The average molecular weight is 347 g/mol. The van der Waals surface area contributed by atoms with Crippen LogP contribution in [-0.4, -0.2) is 27.3 Å². The number of rotatable bonds is 4. The molecule has 1 aliphatic rings. The van der Waals surface area contributed by atoms with Gasteiger partial charge in [0.25, 0.3) is 0 Å². The maximum atomic E-state index is 12.1. The van der Waals surface area contributed by atoms with E-state index in [9.17, 15) is 8.42 Å². The van der Waals surface area contributed by atoms with Crippen LogP contribution in [0, 0.1) is 12.8 Å². The van der Waals surface area contributed by atoms with Gasteiger partial charge in [0, 0.05) is 10.2 Å². The number of aryl methyl sites for hydroxylation is 1. The summed E-state index contributed by atoms with van der Waals surface area (Å²) in [4.78, 5) is 0. The predicted octanol–water partition coefficient (Wildman–Crippen LogP) is 2.50. The third-order valence-electron chi connectivity index (χ3n) is 3.36. The molecule has 1 aliphatic heterocycles. The van der Waals surface area contributed by atoms with Crippen LogP contribution in [-0.2, 0) is 10.0 Å². The van der Waals surface area contributed by atoms with E-state index >= 15 is 0 Å². The summed E-state index contributed by atoms with van der Waals surface area (Å²) in [5.41, 5.74) is 1.70. The lowest BCUT2D eigenvalue weighted by Gasteiger charge is -2.22. The lowest BCUT2D eigenvalue weighted by Crippen LogP contribution is -2.33. The van der Waals surface area contributed by atoms with Gasteiger partial charge in [0.2, 0.25) is 10.0 Å². The van der Waals surface area contributed by atoms with Gasteiger partial charge >= 0.3 is 0 Å². The van der Waals surface area contributed by atoms with Crippen molar-refractivity contribution < 1.29 is 8.42 Å². The SMILES string of the molecule is Cc1ccc(NS(=O)(=O)CC2CCNCC2)cc1Br. The number of anilines is 1. The molecule has 0 saturated carbocycles. The summed E-state index contributed by atoms with van der Waals surface area (Å²) >= 11 is 3.41. The molecule has 1 aromatic rings. The molecule has 19 heavy (non-hydrogen) atoms. The summed E-state index contributed by atoms with van der Waals surface area (Å²) in [5.74, 6) is 0.466. The molecule has 0 amide bonds. The Morgan fingerprint density at radius 2 is 2.05 bits per heavy atom.